The highest BCUT2D eigenvalue weighted by molar-refractivity contribution is 7.17. The topological polar surface area (TPSA) is 17.1 Å². The molecule has 0 atom stereocenters. The first-order valence-corrected chi connectivity index (χ1v) is 7.34. The first kappa shape index (κ1) is 13.3. The van der Waals surface area contributed by atoms with Crippen LogP contribution in [0.2, 0.25) is 5.02 Å². The third kappa shape index (κ3) is 2.47. The summed E-state index contributed by atoms with van der Waals surface area (Å²) in [5, 5.41) is 2.89. The van der Waals surface area contributed by atoms with Gasteiger partial charge in [0.2, 0.25) is 0 Å². The van der Waals surface area contributed by atoms with E-state index in [1.54, 1.807) is 17.4 Å². The molecule has 1 nitrogen and oxygen atoms in total. The van der Waals surface area contributed by atoms with E-state index in [2.05, 4.69) is 0 Å². The highest BCUT2D eigenvalue weighted by Gasteiger charge is 2.13. The summed E-state index contributed by atoms with van der Waals surface area (Å²) in [5.74, 6) is -0.450. The van der Waals surface area contributed by atoms with Crippen molar-refractivity contribution in [3.63, 3.8) is 0 Å². The second-order valence-electron chi connectivity index (χ2n) is 4.49. The number of carbonyl (C=O) groups excluding carboxylic acids is 1. The number of carbonyl (C=O) groups is 1. The zero-order valence-corrected chi connectivity index (χ0v) is 12.0. The van der Waals surface area contributed by atoms with Gasteiger partial charge in [0, 0.05) is 27.5 Å². The van der Waals surface area contributed by atoms with Crippen LogP contribution in [0.25, 0.3) is 10.1 Å². The average Bonchev–Trinajstić information content (AvgIpc) is 2.87. The number of Topliss-reactive ketones (excluding diaryl/α,β-unsaturated/α-hetero) is 1. The molecule has 0 saturated heterocycles. The SMILES string of the molecule is O=C(Cc1ccc(F)c(Cl)c1)c1csc2ccccc12. The van der Waals surface area contributed by atoms with E-state index in [0.717, 1.165) is 15.6 Å². The Morgan fingerprint density at radius 1 is 1.20 bits per heavy atom. The van der Waals surface area contributed by atoms with Crippen molar-refractivity contribution >= 4 is 38.8 Å². The molecule has 100 valence electrons. The molecule has 4 heteroatoms. The molecule has 3 rings (SSSR count). The summed E-state index contributed by atoms with van der Waals surface area (Å²) < 4.78 is 14.2. The molecular formula is C16H10ClFOS. The van der Waals surface area contributed by atoms with Gasteiger partial charge in [-0.25, -0.2) is 4.39 Å². The molecule has 0 unspecified atom stereocenters. The summed E-state index contributed by atoms with van der Waals surface area (Å²) in [7, 11) is 0. The predicted octanol–water partition coefficient (Wildman–Crippen LogP) is 5.12. The Hall–Kier alpha value is -1.71. The van der Waals surface area contributed by atoms with Crippen molar-refractivity contribution in [1.82, 2.24) is 0 Å². The van der Waals surface area contributed by atoms with Gasteiger partial charge in [0.15, 0.2) is 5.78 Å². The fraction of sp³-hybridized carbons (Fsp3) is 0.0625. The van der Waals surface area contributed by atoms with E-state index < -0.39 is 5.82 Å². The molecule has 1 heterocycles. The van der Waals surface area contributed by atoms with Crippen LogP contribution in [0.4, 0.5) is 4.39 Å². The molecule has 2 aromatic carbocycles. The van der Waals surface area contributed by atoms with Gasteiger partial charge in [-0.15, -0.1) is 11.3 Å². The molecule has 0 radical (unpaired) electrons. The van der Waals surface area contributed by atoms with E-state index in [-0.39, 0.29) is 17.2 Å². The van der Waals surface area contributed by atoms with Crippen molar-refractivity contribution in [1.29, 1.82) is 0 Å². The molecule has 0 aliphatic heterocycles. The Bertz CT molecular complexity index is 794. The van der Waals surface area contributed by atoms with E-state index in [1.165, 1.54) is 12.1 Å². The van der Waals surface area contributed by atoms with E-state index in [1.807, 2.05) is 29.6 Å². The van der Waals surface area contributed by atoms with Crippen LogP contribution in [0.5, 0.6) is 0 Å². The molecule has 1 aromatic heterocycles. The minimum Gasteiger partial charge on any atom is -0.294 e. The Morgan fingerprint density at radius 3 is 2.80 bits per heavy atom. The molecule has 20 heavy (non-hydrogen) atoms. The minimum absolute atomic E-state index is 0.0186. The van der Waals surface area contributed by atoms with Gasteiger partial charge in [-0.1, -0.05) is 35.9 Å². The van der Waals surface area contributed by atoms with E-state index in [0.29, 0.717) is 5.56 Å². The normalized spacial score (nSPS) is 10.9. The molecule has 0 fully saturated rings. The Labute approximate surface area is 124 Å². The monoisotopic (exact) mass is 304 g/mol. The Balaban J connectivity index is 1.91. The van der Waals surface area contributed by atoms with Gasteiger partial charge < -0.3 is 0 Å². The summed E-state index contributed by atoms with van der Waals surface area (Å²) >= 11 is 7.28. The molecule has 0 N–H and O–H groups in total. The highest BCUT2D eigenvalue weighted by atomic mass is 35.5. The number of rotatable bonds is 3. The first-order valence-electron chi connectivity index (χ1n) is 6.08. The van der Waals surface area contributed by atoms with Crippen LogP contribution >= 0.6 is 22.9 Å². The molecule has 0 bridgehead atoms. The zero-order chi connectivity index (χ0) is 14.1. The van der Waals surface area contributed by atoms with Gasteiger partial charge in [0.25, 0.3) is 0 Å². The number of hydrogen-bond donors (Lipinski definition) is 0. The number of fused-ring (bicyclic) bond motifs is 1. The lowest BCUT2D eigenvalue weighted by Crippen LogP contribution is -2.02. The third-order valence-electron chi connectivity index (χ3n) is 3.13. The lowest BCUT2D eigenvalue weighted by atomic mass is 10.0. The van der Waals surface area contributed by atoms with E-state index in [9.17, 15) is 9.18 Å². The van der Waals surface area contributed by atoms with Crippen molar-refractivity contribution in [2.24, 2.45) is 0 Å². The Kier molecular flexibility index (Phi) is 3.55. The van der Waals surface area contributed by atoms with Crippen molar-refractivity contribution in [3.05, 3.63) is 69.8 Å². The summed E-state index contributed by atoms with van der Waals surface area (Å²) in [4.78, 5) is 12.4. The number of benzene rings is 2. The maximum atomic E-state index is 13.1. The van der Waals surface area contributed by atoms with Gasteiger partial charge in [-0.05, 0) is 23.8 Å². The van der Waals surface area contributed by atoms with Crippen LogP contribution in [0.1, 0.15) is 15.9 Å². The lowest BCUT2D eigenvalue weighted by Gasteiger charge is -2.02. The standard InChI is InChI=1S/C16H10ClFOS/c17-13-7-10(5-6-14(13)18)8-15(19)12-9-20-16-4-2-1-3-11(12)16/h1-7,9H,8H2. The molecular weight excluding hydrogens is 295 g/mol. The second kappa shape index (κ2) is 5.35. The van der Waals surface area contributed by atoms with Crippen LogP contribution in [-0.4, -0.2) is 5.78 Å². The van der Waals surface area contributed by atoms with Crippen LogP contribution in [-0.2, 0) is 6.42 Å². The molecule has 0 spiro atoms. The van der Waals surface area contributed by atoms with Crippen molar-refractivity contribution in [2.45, 2.75) is 6.42 Å². The summed E-state index contributed by atoms with van der Waals surface area (Å²) in [6.07, 6.45) is 0.223. The number of thiophene rings is 1. The Morgan fingerprint density at radius 2 is 2.00 bits per heavy atom. The van der Waals surface area contributed by atoms with Gasteiger partial charge in [-0.3, -0.25) is 4.79 Å². The number of ketones is 1. The molecule has 0 saturated carbocycles. The first-order chi connectivity index (χ1) is 9.65. The fourth-order valence-corrected chi connectivity index (χ4v) is 3.29. The van der Waals surface area contributed by atoms with Gasteiger partial charge >= 0.3 is 0 Å². The number of halogens is 2. The predicted molar refractivity (Wildman–Crippen MR) is 81.3 cm³/mol. The van der Waals surface area contributed by atoms with E-state index in [4.69, 9.17) is 11.6 Å². The lowest BCUT2D eigenvalue weighted by molar-refractivity contribution is 0.0995. The van der Waals surface area contributed by atoms with Crippen molar-refractivity contribution in [3.8, 4) is 0 Å². The van der Waals surface area contributed by atoms with Crippen LogP contribution in [0, 0.1) is 5.82 Å². The third-order valence-corrected chi connectivity index (χ3v) is 4.38. The maximum absolute atomic E-state index is 13.1. The largest absolute Gasteiger partial charge is 0.294 e. The quantitative estimate of drug-likeness (QED) is 0.614. The van der Waals surface area contributed by atoms with Crippen LogP contribution in [0.15, 0.2) is 47.8 Å². The smallest absolute Gasteiger partial charge is 0.168 e. The highest BCUT2D eigenvalue weighted by Crippen LogP contribution is 2.27. The van der Waals surface area contributed by atoms with Crippen molar-refractivity contribution in [2.75, 3.05) is 0 Å². The number of hydrogen-bond acceptors (Lipinski definition) is 2. The van der Waals surface area contributed by atoms with Crippen molar-refractivity contribution < 1.29 is 9.18 Å². The molecule has 0 aliphatic rings. The second-order valence-corrected chi connectivity index (χ2v) is 5.81. The summed E-state index contributed by atoms with van der Waals surface area (Å²) in [6.45, 7) is 0. The molecule has 0 amide bonds. The van der Waals surface area contributed by atoms with E-state index >= 15 is 0 Å². The fourth-order valence-electron chi connectivity index (χ4n) is 2.12. The summed E-state index contributed by atoms with van der Waals surface area (Å²) in [5.41, 5.74) is 1.43. The van der Waals surface area contributed by atoms with Crippen LogP contribution < -0.4 is 0 Å². The van der Waals surface area contributed by atoms with Gasteiger partial charge in [0.1, 0.15) is 5.82 Å². The average molecular weight is 305 g/mol. The van der Waals surface area contributed by atoms with Crippen LogP contribution in [0.3, 0.4) is 0 Å². The van der Waals surface area contributed by atoms with Gasteiger partial charge in [-0.2, -0.15) is 0 Å². The maximum Gasteiger partial charge on any atom is 0.168 e. The summed E-state index contributed by atoms with van der Waals surface area (Å²) in [6, 6.07) is 12.2. The molecule has 3 aromatic rings. The minimum atomic E-state index is -0.469. The molecule has 0 aliphatic carbocycles. The zero-order valence-electron chi connectivity index (χ0n) is 10.4. The van der Waals surface area contributed by atoms with Gasteiger partial charge in [0.05, 0.1) is 5.02 Å².